The monoisotopic (exact) mass is 211 g/mol. The molecule has 0 spiro atoms. The Morgan fingerprint density at radius 2 is 2.07 bits per heavy atom. The molecule has 1 fully saturated rings. The predicted octanol–water partition coefficient (Wildman–Crippen LogP) is 2.36. The number of hydrogen-bond acceptors (Lipinski definition) is 2. The Kier molecular flexibility index (Phi) is 2.44. The van der Waals surface area contributed by atoms with E-state index in [0.29, 0.717) is 5.69 Å². The molecule has 1 aliphatic rings. The molecule has 2 N–H and O–H groups in total. The van der Waals surface area contributed by atoms with Crippen molar-refractivity contribution in [2.45, 2.75) is 44.4 Å². The van der Waals surface area contributed by atoms with E-state index in [0.717, 1.165) is 19.3 Å². The van der Waals surface area contributed by atoms with Gasteiger partial charge in [0.2, 0.25) is 0 Å². The van der Waals surface area contributed by atoms with Crippen LogP contribution in [0.2, 0.25) is 0 Å². The summed E-state index contributed by atoms with van der Waals surface area (Å²) < 4.78 is 15.3. The Balaban J connectivity index is 2.47. The van der Waals surface area contributed by atoms with Gasteiger partial charge in [0.25, 0.3) is 0 Å². The van der Waals surface area contributed by atoms with Crippen molar-refractivity contribution in [3.63, 3.8) is 0 Å². The number of rotatable bonds is 2. The molecule has 1 heterocycles. The Bertz CT molecular complexity index is 364. The van der Waals surface area contributed by atoms with Crippen molar-refractivity contribution in [2.24, 2.45) is 7.05 Å². The van der Waals surface area contributed by atoms with Gasteiger partial charge in [-0.15, -0.1) is 0 Å². The number of halogens is 1. The predicted molar refractivity (Wildman–Crippen MR) is 58.0 cm³/mol. The first-order chi connectivity index (χ1) is 7.10. The number of anilines is 1. The Morgan fingerprint density at radius 1 is 1.47 bits per heavy atom. The maximum atomic E-state index is 13.9. The highest BCUT2D eigenvalue weighted by Gasteiger charge is 2.39. The van der Waals surface area contributed by atoms with Crippen molar-refractivity contribution in [3.05, 3.63) is 11.5 Å². The van der Waals surface area contributed by atoms with Gasteiger partial charge >= 0.3 is 0 Å². The Morgan fingerprint density at radius 3 is 2.47 bits per heavy atom. The summed E-state index contributed by atoms with van der Waals surface area (Å²) in [6.45, 7) is 2.11. The minimum absolute atomic E-state index is 0.0561. The van der Waals surface area contributed by atoms with Crippen LogP contribution in [0.4, 0.5) is 10.2 Å². The fraction of sp³-hybridized carbons (Fsp3) is 0.727. The summed E-state index contributed by atoms with van der Waals surface area (Å²) in [5, 5.41) is 4.25. The lowest BCUT2D eigenvalue weighted by atomic mass is 9.80. The minimum atomic E-state index is -0.304. The Labute approximate surface area is 89.5 Å². The third kappa shape index (κ3) is 1.43. The van der Waals surface area contributed by atoms with Crippen molar-refractivity contribution < 1.29 is 4.39 Å². The van der Waals surface area contributed by atoms with E-state index in [-0.39, 0.29) is 17.1 Å². The van der Waals surface area contributed by atoms with Crippen LogP contribution in [0.1, 0.15) is 44.7 Å². The van der Waals surface area contributed by atoms with Crippen LogP contribution in [0.15, 0.2) is 0 Å². The van der Waals surface area contributed by atoms with Crippen LogP contribution < -0.4 is 5.73 Å². The molecule has 1 aromatic rings. The average Bonchev–Trinajstić information content (AvgIpc) is 2.80. The van der Waals surface area contributed by atoms with E-state index in [1.807, 2.05) is 0 Å². The maximum Gasteiger partial charge on any atom is 0.188 e. The molecule has 84 valence electrons. The second-order valence-electron chi connectivity index (χ2n) is 4.51. The minimum Gasteiger partial charge on any atom is -0.381 e. The molecule has 0 amide bonds. The molecule has 0 radical (unpaired) electrons. The lowest BCUT2D eigenvalue weighted by molar-refractivity contribution is 0.389. The first-order valence-corrected chi connectivity index (χ1v) is 5.59. The van der Waals surface area contributed by atoms with E-state index in [1.165, 1.54) is 17.5 Å². The number of nitrogens with zero attached hydrogens (tertiary/aromatic N) is 2. The number of aromatic nitrogens is 2. The molecule has 4 heteroatoms. The highest BCUT2D eigenvalue weighted by atomic mass is 19.1. The zero-order chi connectivity index (χ0) is 11.1. The summed E-state index contributed by atoms with van der Waals surface area (Å²) in [6.07, 6.45) is 5.36. The van der Waals surface area contributed by atoms with Gasteiger partial charge in [0.05, 0.1) is 0 Å². The molecular formula is C11H18FN3. The highest BCUT2D eigenvalue weighted by Crippen LogP contribution is 2.44. The maximum absolute atomic E-state index is 13.9. The second-order valence-corrected chi connectivity index (χ2v) is 4.51. The van der Waals surface area contributed by atoms with Gasteiger partial charge in [-0.3, -0.25) is 4.68 Å². The van der Waals surface area contributed by atoms with E-state index >= 15 is 0 Å². The summed E-state index contributed by atoms with van der Waals surface area (Å²) in [5.74, 6) is -0.147. The third-order valence-corrected chi connectivity index (χ3v) is 3.77. The standard InChI is InChI=1S/C11H18FN3/c1-3-11(6-4-5-7-11)9-8(12)10(13)15(2)14-9/h3-7,13H2,1-2H3. The molecular weight excluding hydrogens is 193 g/mol. The molecule has 0 unspecified atom stereocenters. The second kappa shape index (κ2) is 3.51. The van der Waals surface area contributed by atoms with Gasteiger partial charge in [-0.05, 0) is 19.3 Å². The molecule has 1 aliphatic carbocycles. The molecule has 0 aliphatic heterocycles. The van der Waals surface area contributed by atoms with Crippen LogP contribution in [0, 0.1) is 5.82 Å². The smallest absolute Gasteiger partial charge is 0.188 e. The molecule has 1 aromatic heterocycles. The van der Waals surface area contributed by atoms with Crippen LogP contribution in [0.5, 0.6) is 0 Å². The normalized spacial score (nSPS) is 19.7. The first kappa shape index (κ1) is 10.5. The van der Waals surface area contributed by atoms with Crippen LogP contribution in [0.25, 0.3) is 0 Å². The molecule has 0 aromatic carbocycles. The third-order valence-electron chi connectivity index (χ3n) is 3.77. The van der Waals surface area contributed by atoms with Crippen molar-refractivity contribution >= 4 is 5.82 Å². The summed E-state index contributed by atoms with van der Waals surface area (Å²) >= 11 is 0. The molecule has 2 rings (SSSR count). The zero-order valence-electron chi connectivity index (χ0n) is 9.39. The number of aryl methyl sites for hydroxylation is 1. The molecule has 1 saturated carbocycles. The largest absolute Gasteiger partial charge is 0.381 e. The van der Waals surface area contributed by atoms with Crippen molar-refractivity contribution in [2.75, 3.05) is 5.73 Å². The van der Waals surface area contributed by atoms with Gasteiger partial charge in [0.15, 0.2) is 11.6 Å². The van der Waals surface area contributed by atoms with E-state index in [2.05, 4.69) is 12.0 Å². The number of nitrogens with two attached hydrogens (primary N) is 1. The van der Waals surface area contributed by atoms with Gasteiger partial charge in [-0.2, -0.15) is 5.10 Å². The average molecular weight is 211 g/mol. The van der Waals surface area contributed by atoms with Crippen LogP contribution in [-0.2, 0) is 12.5 Å². The topological polar surface area (TPSA) is 43.8 Å². The SMILES string of the molecule is CCC1(c2nn(C)c(N)c2F)CCCC1. The van der Waals surface area contributed by atoms with Gasteiger partial charge in [0, 0.05) is 12.5 Å². The van der Waals surface area contributed by atoms with E-state index in [4.69, 9.17) is 5.73 Å². The van der Waals surface area contributed by atoms with Gasteiger partial charge in [0.1, 0.15) is 5.69 Å². The van der Waals surface area contributed by atoms with Crippen LogP contribution >= 0.6 is 0 Å². The van der Waals surface area contributed by atoms with Crippen LogP contribution in [-0.4, -0.2) is 9.78 Å². The molecule has 0 bridgehead atoms. The zero-order valence-corrected chi connectivity index (χ0v) is 9.39. The number of hydrogen-bond donors (Lipinski definition) is 1. The van der Waals surface area contributed by atoms with Gasteiger partial charge < -0.3 is 5.73 Å². The summed E-state index contributed by atoms with van der Waals surface area (Å²) in [7, 11) is 1.69. The lowest BCUT2D eigenvalue weighted by Gasteiger charge is -2.24. The lowest BCUT2D eigenvalue weighted by Crippen LogP contribution is -2.23. The molecule has 0 saturated heterocycles. The van der Waals surface area contributed by atoms with Crippen LogP contribution in [0.3, 0.4) is 0 Å². The van der Waals surface area contributed by atoms with Gasteiger partial charge in [-0.25, -0.2) is 4.39 Å². The Hall–Kier alpha value is -1.06. The van der Waals surface area contributed by atoms with Crippen molar-refractivity contribution in [3.8, 4) is 0 Å². The first-order valence-electron chi connectivity index (χ1n) is 5.59. The summed E-state index contributed by atoms with van der Waals surface area (Å²) in [6, 6.07) is 0. The number of nitrogen functional groups attached to an aromatic ring is 1. The molecule has 3 nitrogen and oxygen atoms in total. The van der Waals surface area contributed by atoms with E-state index in [9.17, 15) is 4.39 Å². The van der Waals surface area contributed by atoms with Gasteiger partial charge in [-0.1, -0.05) is 19.8 Å². The summed E-state index contributed by atoms with van der Waals surface area (Å²) in [4.78, 5) is 0. The van der Waals surface area contributed by atoms with Crippen molar-refractivity contribution in [1.82, 2.24) is 9.78 Å². The molecule has 15 heavy (non-hydrogen) atoms. The summed E-state index contributed by atoms with van der Waals surface area (Å²) in [5.41, 5.74) is 6.14. The fourth-order valence-electron chi connectivity index (χ4n) is 2.66. The quantitative estimate of drug-likeness (QED) is 0.816. The molecule has 0 atom stereocenters. The van der Waals surface area contributed by atoms with Crippen molar-refractivity contribution in [1.29, 1.82) is 0 Å². The highest BCUT2D eigenvalue weighted by molar-refractivity contribution is 5.37. The van der Waals surface area contributed by atoms with E-state index in [1.54, 1.807) is 7.05 Å². The van der Waals surface area contributed by atoms with E-state index < -0.39 is 0 Å². The fourth-order valence-corrected chi connectivity index (χ4v) is 2.66.